The average Bonchev–Trinajstić information content (AvgIpc) is 2.46. The third-order valence-corrected chi connectivity index (χ3v) is 4.19. The first kappa shape index (κ1) is 15.0. The van der Waals surface area contributed by atoms with Crippen molar-refractivity contribution in [1.82, 2.24) is 9.80 Å². The van der Waals surface area contributed by atoms with Crippen molar-refractivity contribution in [2.75, 3.05) is 20.1 Å². The van der Waals surface area contributed by atoms with Crippen LogP contribution in [0.1, 0.15) is 37.0 Å². The molecule has 1 heterocycles. The zero-order valence-electron chi connectivity index (χ0n) is 12.5. The first-order valence-corrected chi connectivity index (χ1v) is 7.26. The molecule has 1 fully saturated rings. The summed E-state index contributed by atoms with van der Waals surface area (Å²) in [5.74, 6) is -0.331. The molecule has 0 spiro atoms. The molecule has 1 aromatic rings. The lowest BCUT2D eigenvalue weighted by Gasteiger charge is -2.38. The molecule has 1 amide bonds. The van der Waals surface area contributed by atoms with Gasteiger partial charge in [0.2, 0.25) is 0 Å². The second-order valence-electron chi connectivity index (χ2n) is 5.78. The van der Waals surface area contributed by atoms with E-state index in [1.165, 1.54) is 12.1 Å². The van der Waals surface area contributed by atoms with Crippen LogP contribution in [0, 0.1) is 5.82 Å². The number of nitrogens with zero attached hydrogens (tertiary/aromatic N) is 2. The van der Waals surface area contributed by atoms with Gasteiger partial charge in [-0.15, -0.1) is 0 Å². The van der Waals surface area contributed by atoms with Gasteiger partial charge in [-0.2, -0.15) is 0 Å². The minimum Gasteiger partial charge on any atom is -0.339 e. The summed E-state index contributed by atoms with van der Waals surface area (Å²) in [5, 5.41) is 0. The van der Waals surface area contributed by atoms with Gasteiger partial charge in [-0.25, -0.2) is 4.39 Å². The van der Waals surface area contributed by atoms with Crippen LogP contribution in [-0.4, -0.2) is 47.9 Å². The molecular weight excluding hydrogens is 255 g/mol. The summed E-state index contributed by atoms with van der Waals surface area (Å²) in [6, 6.07) is 6.62. The number of benzene rings is 1. The second kappa shape index (κ2) is 6.35. The molecule has 1 aromatic carbocycles. The van der Waals surface area contributed by atoms with E-state index in [4.69, 9.17) is 0 Å². The fourth-order valence-corrected chi connectivity index (χ4v) is 2.75. The largest absolute Gasteiger partial charge is 0.339 e. The van der Waals surface area contributed by atoms with Gasteiger partial charge in [0.25, 0.3) is 5.91 Å². The third kappa shape index (κ3) is 3.37. The first-order chi connectivity index (χ1) is 9.49. The maximum Gasteiger partial charge on any atom is 0.253 e. The van der Waals surface area contributed by atoms with Gasteiger partial charge in [0.1, 0.15) is 5.82 Å². The number of hydrogen-bond acceptors (Lipinski definition) is 2. The highest BCUT2D eigenvalue weighted by atomic mass is 19.1. The minimum absolute atomic E-state index is 0.0204. The quantitative estimate of drug-likeness (QED) is 0.849. The zero-order valence-corrected chi connectivity index (χ0v) is 12.5. The fourth-order valence-electron chi connectivity index (χ4n) is 2.75. The number of hydrogen-bond donors (Lipinski definition) is 0. The van der Waals surface area contributed by atoms with Crippen LogP contribution in [0.25, 0.3) is 0 Å². The Morgan fingerprint density at radius 3 is 2.30 bits per heavy atom. The SMILES string of the molecule is CC(C)N1CCC(N(C)C(=O)c2ccc(F)cc2)CC1. The van der Waals surface area contributed by atoms with Crippen LogP contribution in [0.3, 0.4) is 0 Å². The highest BCUT2D eigenvalue weighted by Crippen LogP contribution is 2.19. The standard InChI is InChI=1S/C16H23FN2O/c1-12(2)19-10-8-15(9-11-19)18(3)16(20)13-4-6-14(17)7-5-13/h4-7,12,15H,8-11H2,1-3H3. The maximum atomic E-state index is 12.9. The normalized spacial score (nSPS) is 17.4. The van der Waals surface area contributed by atoms with Crippen LogP contribution in [0.15, 0.2) is 24.3 Å². The summed E-state index contributed by atoms with van der Waals surface area (Å²) in [7, 11) is 1.85. The molecule has 0 bridgehead atoms. The van der Waals surface area contributed by atoms with E-state index in [2.05, 4.69) is 18.7 Å². The van der Waals surface area contributed by atoms with Crippen molar-refractivity contribution < 1.29 is 9.18 Å². The Labute approximate surface area is 120 Å². The summed E-state index contributed by atoms with van der Waals surface area (Å²) in [5.41, 5.74) is 0.556. The number of piperidine rings is 1. The van der Waals surface area contributed by atoms with Gasteiger partial charge < -0.3 is 9.80 Å². The first-order valence-electron chi connectivity index (χ1n) is 7.26. The summed E-state index contributed by atoms with van der Waals surface area (Å²) >= 11 is 0. The van der Waals surface area contributed by atoms with E-state index < -0.39 is 0 Å². The molecule has 20 heavy (non-hydrogen) atoms. The van der Waals surface area contributed by atoms with Gasteiger partial charge in [0, 0.05) is 37.8 Å². The maximum absolute atomic E-state index is 12.9. The van der Waals surface area contributed by atoms with Gasteiger partial charge in [-0.1, -0.05) is 0 Å². The number of amides is 1. The summed E-state index contributed by atoms with van der Waals surface area (Å²) in [6.07, 6.45) is 2.00. The molecule has 1 aliphatic heterocycles. The van der Waals surface area contributed by atoms with Gasteiger partial charge in [-0.05, 0) is 51.0 Å². The Hall–Kier alpha value is -1.42. The second-order valence-corrected chi connectivity index (χ2v) is 5.78. The van der Waals surface area contributed by atoms with Gasteiger partial charge in [0.05, 0.1) is 0 Å². The number of likely N-dealkylation sites (tertiary alicyclic amines) is 1. The molecule has 3 nitrogen and oxygen atoms in total. The van der Waals surface area contributed by atoms with Crippen molar-refractivity contribution in [2.24, 2.45) is 0 Å². The molecule has 110 valence electrons. The van der Waals surface area contributed by atoms with Crippen molar-refractivity contribution in [3.63, 3.8) is 0 Å². The number of carbonyl (C=O) groups is 1. The molecule has 1 aliphatic rings. The Morgan fingerprint density at radius 2 is 1.80 bits per heavy atom. The number of halogens is 1. The zero-order chi connectivity index (χ0) is 14.7. The van der Waals surface area contributed by atoms with E-state index in [0.29, 0.717) is 11.6 Å². The molecule has 0 atom stereocenters. The molecule has 0 unspecified atom stereocenters. The molecule has 0 saturated carbocycles. The topological polar surface area (TPSA) is 23.6 Å². The van der Waals surface area contributed by atoms with Crippen LogP contribution < -0.4 is 0 Å². The average molecular weight is 278 g/mol. The van der Waals surface area contributed by atoms with Gasteiger partial charge >= 0.3 is 0 Å². The van der Waals surface area contributed by atoms with Crippen LogP contribution in [0.5, 0.6) is 0 Å². The van der Waals surface area contributed by atoms with Crippen LogP contribution >= 0.6 is 0 Å². The summed E-state index contributed by atoms with van der Waals surface area (Å²) in [6.45, 7) is 6.47. The highest BCUT2D eigenvalue weighted by molar-refractivity contribution is 5.94. The summed E-state index contributed by atoms with van der Waals surface area (Å²) < 4.78 is 12.9. The van der Waals surface area contributed by atoms with E-state index in [0.717, 1.165) is 25.9 Å². The van der Waals surface area contributed by atoms with E-state index in [9.17, 15) is 9.18 Å². The molecular formula is C16H23FN2O. The molecule has 2 rings (SSSR count). The number of rotatable bonds is 3. The van der Waals surface area contributed by atoms with E-state index in [-0.39, 0.29) is 17.8 Å². The lowest BCUT2D eigenvalue weighted by Crippen LogP contribution is -2.47. The highest BCUT2D eigenvalue weighted by Gasteiger charge is 2.26. The molecule has 0 aliphatic carbocycles. The lowest BCUT2D eigenvalue weighted by molar-refractivity contribution is 0.0615. The minimum atomic E-state index is -0.311. The summed E-state index contributed by atoms with van der Waals surface area (Å²) in [4.78, 5) is 16.6. The molecule has 1 saturated heterocycles. The van der Waals surface area contributed by atoms with E-state index >= 15 is 0 Å². The smallest absolute Gasteiger partial charge is 0.253 e. The van der Waals surface area contributed by atoms with E-state index in [1.54, 1.807) is 12.1 Å². The van der Waals surface area contributed by atoms with Crippen molar-refractivity contribution >= 4 is 5.91 Å². The van der Waals surface area contributed by atoms with Gasteiger partial charge in [0.15, 0.2) is 0 Å². The van der Waals surface area contributed by atoms with Crippen molar-refractivity contribution in [3.8, 4) is 0 Å². The predicted molar refractivity (Wildman–Crippen MR) is 78.2 cm³/mol. The van der Waals surface area contributed by atoms with Crippen LogP contribution in [-0.2, 0) is 0 Å². The molecule has 0 aromatic heterocycles. The van der Waals surface area contributed by atoms with E-state index in [1.807, 2.05) is 11.9 Å². The lowest BCUT2D eigenvalue weighted by atomic mass is 10.0. The Balaban J connectivity index is 1.96. The molecule has 4 heteroatoms. The molecule has 0 radical (unpaired) electrons. The third-order valence-electron chi connectivity index (χ3n) is 4.19. The van der Waals surface area contributed by atoms with Crippen molar-refractivity contribution in [1.29, 1.82) is 0 Å². The van der Waals surface area contributed by atoms with Crippen LogP contribution in [0.2, 0.25) is 0 Å². The monoisotopic (exact) mass is 278 g/mol. The Morgan fingerprint density at radius 1 is 1.25 bits per heavy atom. The Kier molecular flexibility index (Phi) is 4.76. The fraction of sp³-hybridized carbons (Fsp3) is 0.562. The van der Waals surface area contributed by atoms with Crippen LogP contribution in [0.4, 0.5) is 4.39 Å². The van der Waals surface area contributed by atoms with Crippen molar-refractivity contribution in [2.45, 2.75) is 38.8 Å². The van der Waals surface area contributed by atoms with Crippen molar-refractivity contribution in [3.05, 3.63) is 35.6 Å². The van der Waals surface area contributed by atoms with Gasteiger partial charge in [-0.3, -0.25) is 4.79 Å². The predicted octanol–water partition coefficient (Wildman–Crippen LogP) is 2.77. The number of carbonyl (C=O) groups excluding carboxylic acids is 1. The Bertz CT molecular complexity index is 450. The molecule has 0 N–H and O–H groups in total.